The van der Waals surface area contributed by atoms with Gasteiger partial charge in [-0.25, -0.2) is 0 Å². The molecule has 2 atom stereocenters. The molecular formula is C16H19N3O2. The molecule has 3 rings (SSSR count). The number of fused-ring (bicyclic) bond motifs is 1. The van der Waals surface area contributed by atoms with Crippen molar-refractivity contribution in [1.82, 2.24) is 9.88 Å². The van der Waals surface area contributed by atoms with Crippen molar-refractivity contribution in [2.24, 2.45) is 5.18 Å². The summed E-state index contributed by atoms with van der Waals surface area (Å²) >= 11 is 0. The summed E-state index contributed by atoms with van der Waals surface area (Å²) in [5.74, 6) is 0.393. The molecule has 21 heavy (non-hydrogen) atoms. The summed E-state index contributed by atoms with van der Waals surface area (Å²) in [5.41, 5.74) is 2.41. The smallest absolute Gasteiger partial charge is 0.219 e. The molecule has 1 saturated heterocycles. The van der Waals surface area contributed by atoms with Crippen LogP contribution >= 0.6 is 0 Å². The van der Waals surface area contributed by atoms with E-state index in [0.29, 0.717) is 12.5 Å². The molecule has 1 aliphatic heterocycles. The number of para-hydroxylation sites is 1. The third-order valence-corrected chi connectivity index (χ3v) is 4.47. The monoisotopic (exact) mass is 285 g/mol. The highest BCUT2D eigenvalue weighted by Crippen LogP contribution is 2.35. The van der Waals surface area contributed by atoms with Crippen molar-refractivity contribution in [3.63, 3.8) is 0 Å². The second-order valence-electron chi connectivity index (χ2n) is 5.69. The highest BCUT2D eigenvalue weighted by molar-refractivity contribution is 5.83. The van der Waals surface area contributed by atoms with Crippen LogP contribution in [0.1, 0.15) is 31.2 Å². The molecule has 1 amide bonds. The first-order valence-electron chi connectivity index (χ1n) is 7.33. The molecule has 2 aromatic rings. The maximum absolute atomic E-state index is 11.7. The average Bonchev–Trinajstić information content (AvgIpc) is 2.91. The van der Waals surface area contributed by atoms with Gasteiger partial charge in [-0.2, -0.15) is 4.91 Å². The van der Waals surface area contributed by atoms with Crippen LogP contribution < -0.4 is 0 Å². The van der Waals surface area contributed by atoms with Gasteiger partial charge < -0.3 is 9.88 Å². The molecule has 0 radical (unpaired) electrons. The zero-order valence-electron chi connectivity index (χ0n) is 12.1. The molecule has 0 aliphatic carbocycles. The van der Waals surface area contributed by atoms with E-state index in [2.05, 4.69) is 28.5 Å². The van der Waals surface area contributed by atoms with Crippen molar-refractivity contribution in [2.45, 2.75) is 31.7 Å². The first kappa shape index (κ1) is 13.8. The first-order valence-corrected chi connectivity index (χ1v) is 7.33. The van der Waals surface area contributed by atoms with Crippen LogP contribution in [-0.4, -0.2) is 34.9 Å². The molecule has 0 bridgehead atoms. The second kappa shape index (κ2) is 5.68. The summed E-state index contributed by atoms with van der Waals surface area (Å²) in [7, 11) is 0. The average molecular weight is 285 g/mol. The normalized spacial score (nSPS) is 22.4. The lowest BCUT2D eigenvalue weighted by Gasteiger charge is -2.37. The summed E-state index contributed by atoms with van der Waals surface area (Å²) < 4.78 is 0. The Morgan fingerprint density at radius 1 is 1.43 bits per heavy atom. The number of nitrogens with one attached hydrogen (secondary N) is 1. The molecule has 1 N–H and O–H groups in total. The maximum atomic E-state index is 11.7. The first-order chi connectivity index (χ1) is 10.2. The van der Waals surface area contributed by atoms with Crippen LogP contribution in [0.4, 0.5) is 0 Å². The van der Waals surface area contributed by atoms with Crippen LogP contribution in [0.3, 0.4) is 0 Å². The zero-order chi connectivity index (χ0) is 14.8. The molecule has 2 unspecified atom stereocenters. The number of piperidine rings is 1. The molecule has 1 aromatic heterocycles. The Morgan fingerprint density at radius 2 is 2.24 bits per heavy atom. The zero-order valence-corrected chi connectivity index (χ0v) is 12.1. The van der Waals surface area contributed by atoms with Gasteiger partial charge in [0.25, 0.3) is 0 Å². The lowest BCUT2D eigenvalue weighted by molar-refractivity contribution is -0.132. The number of carbonyl (C=O) groups is 1. The van der Waals surface area contributed by atoms with Crippen molar-refractivity contribution in [1.29, 1.82) is 0 Å². The summed E-state index contributed by atoms with van der Waals surface area (Å²) in [4.78, 5) is 27.4. The fourth-order valence-electron chi connectivity index (χ4n) is 3.44. The van der Waals surface area contributed by atoms with E-state index in [0.717, 1.165) is 18.4 Å². The van der Waals surface area contributed by atoms with Crippen molar-refractivity contribution >= 4 is 16.8 Å². The molecular weight excluding hydrogens is 266 g/mol. The minimum atomic E-state index is -0.0765. The summed E-state index contributed by atoms with van der Waals surface area (Å²) in [6, 6.07) is 8.15. The van der Waals surface area contributed by atoms with Crippen molar-refractivity contribution in [3.05, 3.63) is 40.9 Å². The quantitative estimate of drug-likeness (QED) is 0.881. The molecule has 1 aliphatic rings. The van der Waals surface area contributed by atoms with Gasteiger partial charge in [-0.15, -0.1) is 0 Å². The fourth-order valence-corrected chi connectivity index (χ4v) is 3.44. The number of likely N-dealkylation sites (tertiary alicyclic amines) is 1. The Kier molecular flexibility index (Phi) is 3.73. The number of nitrogens with zero attached hydrogens (tertiary/aromatic N) is 2. The topological polar surface area (TPSA) is 65.5 Å². The van der Waals surface area contributed by atoms with E-state index in [1.54, 1.807) is 11.8 Å². The number of rotatable bonds is 3. The summed E-state index contributed by atoms with van der Waals surface area (Å²) in [6.45, 7) is 2.43. The van der Waals surface area contributed by atoms with Crippen molar-refractivity contribution in [3.8, 4) is 0 Å². The van der Waals surface area contributed by atoms with Gasteiger partial charge in [0.15, 0.2) is 0 Å². The Bertz CT molecular complexity index is 664. The van der Waals surface area contributed by atoms with Crippen LogP contribution in [-0.2, 0) is 4.79 Å². The van der Waals surface area contributed by atoms with Crippen LogP contribution in [0.25, 0.3) is 10.9 Å². The van der Waals surface area contributed by atoms with Crippen LogP contribution in [0, 0.1) is 4.91 Å². The Morgan fingerprint density at radius 3 is 3.00 bits per heavy atom. The standard InChI is InChI=1S/C16H19N3O2/c1-11(20)19-7-6-12(8-13(19)9-18-21)15-10-17-16-5-3-2-4-14(15)16/h2-5,10,12-13,17H,6-9H2,1H3. The Labute approximate surface area is 123 Å². The molecule has 0 spiro atoms. The predicted molar refractivity (Wildman–Crippen MR) is 82.1 cm³/mol. The number of amides is 1. The van der Waals surface area contributed by atoms with Gasteiger partial charge >= 0.3 is 0 Å². The predicted octanol–water partition coefficient (Wildman–Crippen LogP) is 3.03. The largest absolute Gasteiger partial charge is 0.361 e. The number of carbonyl (C=O) groups excluding carboxylic acids is 1. The van der Waals surface area contributed by atoms with Gasteiger partial charge in [0, 0.05) is 30.6 Å². The second-order valence-corrected chi connectivity index (χ2v) is 5.69. The number of hydrogen-bond donors (Lipinski definition) is 1. The van der Waals surface area contributed by atoms with E-state index < -0.39 is 0 Å². The highest BCUT2D eigenvalue weighted by atomic mass is 16.3. The van der Waals surface area contributed by atoms with E-state index >= 15 is 0 Å². The van der Waals surface area contributed by atoms with Crippen LogP contribution in [0.2, 0.25) is 0 Å². The fraction of sp³-hybridized carbons (Fsp3) is 0.438. The van der Waals surface area contributed by atoms with Gasteiger partial charge in [0.2, 0.25) is 5.91 Å². The number of H-pyrrole nitrogens is 1. The van der Waals surface area contributed by atoms with E-state index in [9.17, 15) is 9.70 Å². The highest BCUT2D eigenvalue weighted by Gasteiger charge is 2.31. The van der Waals surface area contributed by atoms with E-state index in [-0.39, 0.29) is 18.5 Å². The van der Waals surface area contributed by atoms with Gasteiger partial charge in [-0.05, 0) is 30.4 Å². The van der Waals surface area contributed by atoms with Gasteiger partial charge in [0.1, 0.15) is 6.54 Å². The molecule has 0 saturated carbocycles. The van der Waals surface area contributed by atoms with Crippen LogP contribution in [0.15, 0.2) is 35.6 Å². The molecule has 1 fully saturated rings. The summed E-state index contributed by atoms with van der Waals surface area (Å²) in [6.07, 6.45) is 3.79. The Balaban J connectivity index is 1.87. The van der Waals surface area contributed by atoms with Crippen LogP contribution in [0.5, 0.6) is 0 Å². The number of aromatic amines is 1. The molecule has 5 nitrogen and oxygen atoms in total. The number of aromatic nitrogens is 1. The Hall–Kier alpha value is -2.17. The van der Waals surface area contributed by atoms with Crippen molar-refractivity contribution in [2.75, 3.05) is 13.1 Å². The summed E-state index contributed by atoms with van der Waals surface area (Å²) in [5, 5.41) is 4.25. The lowest BCUT2D eigenvalue weighted by atomic mass is 9.85. The third kappa shape index (κ3) is 2.55. The molecule has 5 heteroatoms. The van der Waals surface area contributed by atoms with E-state index in [4.69, 9.17) is 0 Å². The third-order valence-electron chi connectivity index (χ3n) is 4.47. The molecule has 110 valence electrons. The number of nitroso groups, excluding NO2 is 1. The minimum absolute atomic E-state index is 0.0287. The SMILES string of the molecule is CC(=O)N1CCC(c2c[nH]c3ccccc23)CC1CN=O. The minimum Gasteiger partial charge on any atom is -0.361 e. The van der Waals surface area contributed by atoms with E-state index in [1.165, 1.54) is 10.9 Å². The molecule has 2 heterocycles. The number of benzene rings is 1. The van der Waals surface area contributed by atoms with Gasteiger partial charge in [0.05, 0.1) is 6.04 Å². The van der Waals surface area contributed by atoms with E-state index in [1.807, 2.05) is 12.1 Å². The molecule has 1 aromatic carbocycles. The van der Waals surface area contributed by atoms with Gasteiger partial charge in [-0.3, -0.25) is 4.79 Å². The van der Waals surface area contributed by atoms with Gasteiger partial charge in [-0.1, -0.05) is 23.4 Å². The van der Waals surface area contributed by atoms with Crippen molar-refractivity contribution < 1.29 is 4.79 Å². The maximum Gasteiger partial charge on any atom is 0.219 e. The number of hydrogen-bond acceptors (Lipinski definition) is 3. The lowest BCUT2D eigenvalue weighted by Crippen LogP contribution is -2.46.